The zero-order chi connectivity index (χ0) is 47.6. The first-order valence-corrected chi connectivity index (χ1v) is 20.3. The second kappa shape index (κ2) is 13.4. The zero-order valence-electron chi connectivity index (χ0n) is 41.4. The molecule has 0 unspecified atom stereocenters. The van der Waals surface area contributed by atoms with Crippen LogP contribution in [-0.4, -0.2) is 0 Å². The average molecular weight is 782 g/mol. The standard InChI is InChI=1S/C56H37NOS/c1-4-17-37(18-5-1)54(38-19-6-2-7-20-38)39-31-33-43-44-24-16-28-50(55(44)59-53(43)35-39)57(40-21-8-3-9-22-40)41-32-34-47-45(36-41)42-23-10-11-25-46(42)56(47)48-26-12-14-29-51(48)58-52-30-15-13-27-49(52)56/h1-36,54H/i1D,2D,4D,5D,6D,7D,17D,18D,19D,20D. The van der Waals surface area contributed by atoms with E-state index in [4.69, 9.17) is 18.4 Å². The summed E-state index contributed by atoms with van der Waals surface area (Å²) in [5.41, 5.74) is 8.96. The van der Waals surface area contributed by atoms with Gasteiger partial charge in [0.05, 0.1) is 29.5 Å². The summed E-state index contributed by atoms with van der Waals surface area (Å²) in [7, 11) is 0. The van der Waals surface area contributed by atoms with Crippen molar-refractivity contribution in [3.63, 3.8) is 0 Å². The molecule has 1 aliphatic heterocycles. The Balaban J connectivity index is 1.07. The summed E-state index contributed by atoms with van der Waals surface area (Å²) >= 11 is 1.53. The number of thiophene rings is 1. The summed E-state index contributed by atoms with van der Waals surface area (Å²) in [4.78, 5) is 2.26. The van der Waals surface area contributed by atoms with E-state index in [0.29, 0.717) is 5.56 Å². The number of hydrogen-bond acceptors (Lipinski definition) is 3. The van der Waals surface area contributed by atoms with Crippen LogP contribution in [0.1, 0.15) is 58.6 Å². The van der Waals surface area contributed by atoms with E-state index in [1.54, 1.807) is 6.07 Å². The van der Waals surface area contributed by atoms with Gasteiger partial charge in [0.25, 0.3) is 0 Å². The summed E-state index contributed by atoms with van der Waals surface area (Å²) in [6, 6.07) is 48.4. The van der Waals surface area contributed by atoms with Crippen LogP contribution in [-0.2, 0) is 5.41 Å². The predicted molar refractivity (Wildman–Crippen MR) is 245 cm³/mol. The topological polar surface area (TPSA) is 12.5 Å². The van der Waals surface area contributed by atoms with Gasteiger partial charge in [-0.05, 0) is 87.5 Å². The summed E-state index contributed by atoms with van der Waals surface area (Å²) in [6.45, 7) is 0. The smallest absolute Gasteiger partial charge is 0.132 e. The SMILES string of the molecule is [2H]c1c([2H])c([2H])c(C(c2ccc3c(c2)sc2c(N(c4ccccc4)c4ccc5c(c4)-c4ccccc4C54c5ccccc5Oc5ccccc54)cccc23)c2c([2H])c([2H])c([2H])c([2H])c2[2H])c([2H])c1[2H]. The lowest BCUT2D eigenvalue weighted by Crippen LogP contribution is -2.32. The molecule has 3 heteroatoms. The van der Waals surface area contributed by atoms with Gasteiger partial charge in [-0.1, -0.05) is 170 Å². The molecule has 2 heterocycles. The van der Waals surface area contributed by atoms with Gasteiger partial charge < -0.3 is 9.64 Å². The van der Waals surface area contributed by atoms with Crippen LogP contribution in [0.4, 0.5) is 17.1 Å². The van der Waals surface area contributed by atoms with E-state index >= 15 is 0 Å². The average Bonchev–Trinajstić information content (AvgIpc) is 3.90. The maximum Gasteiger partial charge on any atom is 0.132 e. The van der Waals surface area contributed by atoms with Crippen molar-refractivity contribution in [3.8, 4) is 22.6 Å². The molecular weight excluding hydrogens is 735 g/mol. The predicted octanol–water partition coefficient (Wildman–Crippen LogP) is 15.2. The number of anilines is 3. The van der Waals surface area contributed by atoms with Crippen molar-refractivity contribution in [3.05, 3.63) is 257 Å². The minimum absolute atomic E-state index is 0.177. The van der Waals surface area contributed by atoms with Crippen molar-refractivity contribution in [1.82, 2.24) is 0 Å². The van der Waals surface area contributed by atoms with Crippen molar-refractivity contribution in [2.24, 2.45) is 0 Å². The molecule has 2 nitrogen and oxygen atoms in total. The van der Waals surface area contributed by atoms with Crippen LogP contribution < -0.4 is 9.64 Å². The minimum atomic E-state index is -1.31. The molecule has 2 aliphatic rings. The summed E-state index contributed by atoms with van der Waals surface area (Å²) in [5.74, 6) is 0.331. The van der Waals surface area contributed by atoms with Gasteiger partial charge in [0.15, 0.2) is 0 Å². The molecular formula is C56H37NOS. The molecule has 0 radical (unpaired) electrons. The fraction of sp³-hybridized carbons (Fsp3) is 0.0357. The van der Waals surface area contributed by atoms with Crippen LogP contribution in [0.15, 0.2) is 218 Å². The van der Waals surface area contributed by atoms with Crippen LogP contribution in [0.2, 0.25) is 0 Å². The van der Waals surface area contributed by atoms with Gasteiger partial charge in [-0.15, -0.1) is 11.3 Å². The maximum absolute atomic E-state index is 9.02. The Hall–Kier alpha value is -7.20. The molecule has 0 fully saturated rings. The molecule has 1 aromatic heterocycles. The fourth-order valence-electron chi connectivity index (χ4n) is 9.43. The van der Waals surface area contributed by atoms with E-state index in [1.807, 2.05) is 60.7 Å². The highest BCUT2D eigenvalue weighted by molar-refractivity contribution is 7.26. The molecule has 0 bridgehead atoms. The van der Waals surface area contributed by atoms with Gasteiger partial charge >= 0.3 is 0 Å². The van der Waals surface area contributed by atoms with Crippen LogP contribution in [0.25, 0.3) is 31.3 Å². The Morgan fingerprint density at radius 3 is 1.81 bits per heavy atom. The molecule has 0 saturated heterocycles. The van der Waals surface area contributed by atoms with Gasteiger partial charge in [-0.3, -0.25) is 0 Å². The summed E-state index contributed by atoms with van der Waals surface area (Å²) in [5, 5.41) is 1.86. The number of benzene rings is 9. The van der Waals surface area contributed by atoms with E-state index in [0.717, 1.165) is 76.6 Å². The first-order chi connectivity index (χ1) is 33.4. The second-order valence-electron chi connectivity index (χ2n) is 14.8. The molecule has 1 aliphatic carbocycles. The Morgan fingerprint density at radius 2 is 1.10 bits per heavy atom. The van der Waals surface area contributed by atoms with Crippen molar-refractivity contribution >= 4 is 48.6 Å². The molecule has 10 aromatic rings. The molecule has 0 atom stereocenters. The maximum atomic E-state index is 9.02. The molecule has 9 aromatic carbocycles. The van der Waals surface area contributed by atoms with Crippen LogP contribution in [0.5, 0.6) is 11.5 Å². The van der Waals surface area contributed by atoms with E-state index in [2.05, 4.69) is 95.9 Å². The zero-order valence-corrected chi connectivity index (χ0v) is 32.2. The Labute approximate surface area is 361 Å². The molecule has 59 heavy (non-hydrogen) atoms. The lowest BCUT2D eigenvalue weighted by Gasteiger charge is -2.39. The Bertz CT molecular complexity index is 3640. The first kappa shape index (κ1) is 25.2. The Morgan fingerprint density at radius 1 is 0.475 bits per heavy atom. The lowest BCUT2D eigenvalue weighted by atomic mass is 9.66. The molecule has 0 N–H and O–H groups in total. The van der Waals surface area contributed by atoms with E-state index in [9.17, 15) is 0 Å². The number of nitrogens with zero attached hydrogens (tertiary/aromatic N) is 1. The fourth-order valence-corrected chi connectivity index (χ4v) is 10.7. The number of rotatable bonds is 6. The third-order valence-corrected chi connectivity index (χ3v) is 13.0. The molecule has 12 rings (SSSR count). The molecule has 1 spiro atoms. The molecule has 278 valence electrons. The quantitative estimate of drug-likeness (QED) is 0.156. The van der Waals surface area contributed by atoms with Crippen molar-refractivity contribution in [1.29, 1.82) is 0 Å². The number of ether oxygens (including phenoxy) is 1. The highest BCUT2D eigenvalue weighted by Crippen LogP contribution is 2.62. The number of hydrogen-bond donors (Lipinski definition) is 0. The first-order valence-electron chi connectivity index (χ1n) is 24.5. The third kappa shape index (κ3) is 5.11. The summed E-state index contributed by atoms with van der Waals surface area (Å²) in [6.07, 6.45) is 0. The molecule has 0 saturated carbocycles. The van der Waals surface area contributed by atoms with Crippen LogP contribution in [0.3, 0.4) is 0 Å². The largest absolute Gasteiger partial charge is 0.457 e. The van der Waals surface area contributed by atoms with Gasteiger partial charge in [-0.25, -0.2) is 0 Å². The lowest BCUT2D eigenvalue weighted by molar-refractivity contribution is 0.436. The van der Waals surface area contributed by atoms with Gasteiger partial charge in [-0.2, -0.15) is 0 Å². The van der Waals surface area contributed by atoms with Crippen LogP contribution >= 0.6 is 11.3 Å². The van der Waals surface area contributed by atoms with Crippen molar-refractivity contribution in [2.75, 3.05) is 4.90 Å². The number of para-hydroxylation sites is 3. The van der Waals surface area contributed by atoms with Gasteiger partial charge in [0.1, 0.15) is 11.5 Å². The minimum Gasteiger partial charge on any atom is -0.457 e. The number of fused-ring (bicyclic) bond motifs is 12. The third-order valence-electron chi connectivity index (χ3n) is 11.8. The van der Waals surface area contributed by atoms with E-state index in [1.165, 1.54) is 16.9 Å². The van der Waals surface area contributed by atoms with E-state index < -0.39 is 71.8 Å². The second-order valence-corrected chi connectivity index (χ2v) is 15.9. The normalized spacial score (nSPS) is 15.5. The van der Waals surface area contributed by atoms with Crippen molar-refractivity contribution < 1.29 is 18.4 Å². The van der Waals surface area contributed by atoms with E-state index in [-0.39, 0.29) is 11.1 Å². The van der Waals surface area contributed by atoms with Gasteiger partial charge in [0, 0.05) is 43.9 Å². The monoisotopic (exact) mass is 781 g/mol. The summed E-state index contributed by atoms with van der Waals surface area (Å²) < 4.78 is 95.3. The van der Waals surface area contributed by atoms with Crippen LogP contribution in [0, 0.1) is 0 Å². The van der Waals surface area contributed by atoms with Crippen molar-refractivity contribution in [2.45, 2.75) is 11.3 Å². The highest BCUT2D eigenvalue weighted by atomic mass is 32.1. The van der Waals surface area contributed by atoms with Gasteiger partial charge in [0.2, 0.25) is 0 Å². The Kier molecular flexibility index (Phi) is 5.75. The molecule has 0 amide bonds. The highest BCUT2D eigenvalue weighted by Gasteiger charge is 2.51.